The monoisotopic (exact) mass is 372 g/mol. The molecule has 1 unspecified atom stereocenters. The fraction of sp³-hybridized carbons (Fsp3) is 0.357. The third-order valence-corrected chi connectivity index (χ3v) is 5.08. The van der Waals surface area contributed by atoms with E-state index in [1.165, 1.54) is 24.3 Å². The van der Waals surface area contributed by atoms with Crippen LogP contribution in [-0.4, -0.2) is 53.5 Å². The number of carbonyl (C=O) groups excluding carboxylic acids is 2. The third kappa shape index (κ3) is 4.13. The molecule has 1 amide bonds. The van der Waals surface area contributed by atoms with E-state index in [0.29, 0.717) is 15.6 Å². The van der Waals surface area contributed by atoms with Crippen molar-refractivity contribution in [2.24, 2.45) is 4.99 Å². The molecule has 130 valence electrons. The first kappa shape index (κ1) is 18.4. The van der Waals surface area contributed by atoms with Gasteiger partial charge in [0.15, 0.2) is 11.3 Å². The molecule has 1 aromatic rings. The molecule has 1 fully saturated rings. The lowest BCUT2D eigenvalue weighted by Crippen LogP contribution is -2.34. The highest BCUT2D eigenvalue weighted by molar-refractivity contribution is 8.16. The SMILES string of the molecule is CCOC(=O)C(O)c1ccc(N=C2SCC(=O)N2S(C)(=O)=O)cc1. The zero-order valence-electron chi connectivity index (χ0n) is 13.0. The number of benzene rings is 1. The van der Waals surface area contributed by atoms with E-state index in [2.05, 4.69) is 4.99 Å². The van der Waals surface area contributed by atoms with Crippen molar-refractivity contribution in [1.29, 1.82) is 0 Å². The molecule has 1 heterocycles. The standard InChI is InChI=1S/C14H16N2O6S2/c1-3-22-13(19)12(18)9-4-6-10(7-5-9)15-14-16(24(2,20)21)11(17)8-23-14/h4-7,12,18H,3,8H2,1-2H3. The number of esters is 1. The second-order valence-corrected chi connectivity index (χ2v) is 7.62. The summed E-state index contributed by atoms with van der Waals surface area (Å²) >= 11 is 1.03. The maximum absolute atomic E-state index is 11.7. The summed E-state index contributed by atoms with van der Waals surface area (Å²) in [6, 6.07) is 5.98. The van der Waals surface area contributed by atoms with Crippen LogP contribution in [0.1, 0.15) is 18.6 Å². The molecule has 10 heteroatoms. The number of hydrogen-bond donors (Lipinski definition) is 1. The number of amides is 1. The van der Waals surface area contributed by atoms with Crippen LogP contribution in [0.4, 0.5) is 5.69 Å². The first-order valence-corrected chi connectivity index (χ1v) is 9.76. The van der Waals surface area contributed by atoms with E-state index < -0.39 is 28.0 Å². The second kappa shape index (κ2) is 7.32. The first-order valence-electron chi connectivity index (χ1n) is 6.93. The van der Waals surface area contributed by atoms with Crippen molar-refractivity contribution in [3.8, 4) is 0 Å². The molecular weight excluding hydrogens is 356 g/mol. The Morgan fingerprint density at radius 1 is 1.42 bits per heavy atom. The lowest BCUT2D eigenvalue weighted by molar-refractivity contribution is -0.153. The van der Waals surface area contributed by atoms with E-state index in [0.717, 1.165) is 18.0 Å². The third-order valence-electron chi connectivity index (χ3n) is 3.00. The number of aliphatic imine (C=N–C) groups is 1. The molecule has 2 rings (SSSR count). The van der Waals surface area contributed by atoms with Crippen LogP contribution in [-0.2, 0) is 24.3 Å². The van der Waals surface area contributed by atoms with Crippen molar-refractivity contribution >= 4 is 44.5 Å². The summed E-state index contributed by atoms with van der Waals surface area (Å²) in [5.74, 6) is -1.29. The number of aliphatic hydroxyl groups is 1. The summed E-state index contributed by atoms with van der Waals surface area (Å²) < 4.78 is 28.7. The normalized spacial score (nSPS) is 18.0. The van der Waals surface area contributed by atoms with Gasteiger partial charge in [-0.25, -0.2) is 18.2 Å². The number of amidine groups is 1. The molecule has 1 saturated heterocycles. The van der Waals surface area contributed by atoms with E-state index in [4.69, 9.17) is 4.74 Å². The number of thioether (sulfide) groups is 1. The Bertz CT molecular complexity index is 773. The minimum absolute atomic E-state index is 0.00552. The highest BCUT2D eigenvalue weighted by Gasteiger charge is 2.35. The van der Waals surface area contributed by atoms with E-state index >= 15 is 0 Å². The van der Waals surface area contributed by atoms with Gasteiger partial charge in [-0.1, -0.05) is 23.9 Å². The lowest BCUT2D eigenvalue weighted by Gasteiger charge is -2.13. The van der Waals surface area contributed by atoms with Crippen LogP contribution in [0.15, 0.2) is 29.3 Å². The zero-order valence-corrected chi connectivity index (χ0v) is 14.6. The van der Waals surface area contributed by atoms with Gasteiger partial charge in [0, 0.05) is 0 Å². The van der Waals surface area contributed by atoms with Gasteiger partial charge in [-0.2, -0.15) is 4.31 Å². The summed E-state index contributed by atoms with van der Waals surface area (Å²) in [4.78, 5) is 27.3. The van der Waals surface area contributed by atoms with Crippen LogP contribution >= 0.6 is 11.8 Å². The second-order valence-electron chi connectivity index (χ2n) is 4.85. The Balaban J connectivity index is 2.22. The highest BCUT2D eigenvalue weighted by Crippen LogP contribution is 2.26. The highest BCUT2D eigenvalue weighted by atomic mass is 32.2. The van der Waals surface area contributed by atoms with Crippen molar-refractivity contribution in [3.63, 3.8) is 0 Å². The molecular formula is C14H16N2O6S2. The molecule has 1 aliphatic rings. The van der Waals surface area contributed by atoms with Gasteiger partial charge in [0.1, 0.15) is 0 Å². The molecule has 0 radical (unpaired) electrons. The summed E-state index contributed by atoms with van der Waals surface area (Å²) in [7, 11) is -3.73. The van der Waals surface area contributed by atoms with E-state index in [-0.39, 0.29) is 17.5 Å². The topological polar surface area (TPSA) is 113 Å². The van der Waals surface area contributed by atoms with Crippen molar-refractivity contribution in [2.75, 3.05) is 18.6 Å². The van der Waals surface area contributed by atoms with Gasteiger partial charge >= 0.3 is 5.97 Å². The maximum Gasteiger partial charge on any atom is 0.339 e. The van der Waals surface area contributed by atoms with Gasteiger partial charge in [-0.15, -0.1) is 0 Å². The average Bonchev–Trinajstić information content (AvgIpc) is 2.88. The largest absolute Gasteiger partial charge is 0.464 e. The molecule has 1 aliphatic heterocycles. The number of ether oxygens (including phenoxy) is 1. The lowest BCUT2D eigenvalue weighted by atomic mass is 10.1. The van der Waals surface area contributed by atoms with Crippen LogP contribution in [0.5, 0.6) is 0 Å². The fourth-order valence-electron chi connectivity index (χ4n) is 1.95. The minimum atomic E-state index is -3.73. The van der Waals surface area contributed by atoms with E-state index in [9.17, 15) is 23.1 Å². The smallest absolute Gasteiger partial charge is 0.339 e. The molecule has 1 aromatic carbocycles. The predicted molar refractivity (Wildman–Crippen MR) is 89.3 cm³/mol. The number of sulfonamides is 1. The van der Waals surface area contributed by atoms with Crippen LogP contribution in [0.2, 0.25) is 0 Å². The Morgan fingerprint density at radius 2 is 2.04 bits per heavy atom. The van der Waals surface area contributed by atoms with Gasteiger partial charge < -0.3 is 9.84 Å². The van der Waals surface area contributed by atoms with Gasteiger partial charge in [-0.05, 0) is 24.6 Å². The molecule has 0 bridgehead atoms. The van der Waals surface area contributed by atoms with E-state index in [1.54, 1.807) is 6.92 Å². The Kier molecular flexibility index (Phi) is 5.62. The van der Waals surface area contributed by atoms with Crippen LogP contribution in [0.25, 0.3) is 0 Å². The molecule has 0 aromatic heterocycles. The summed E-state index contributed by atoms with van der Waals surface area (Å²) in [5, 5.41) is 9.90. The molecule has 1 N–H and O–H groups in total. The quantitative estimate of drug-likeness (QED) is 0.761. The van der Waals surface area contributed by atoms with Gasteiger partial charge in [0.25, 0.3) is 5.91 Å². The average molecular weight is 372 g/mol. The van der Waals surface area contributed by atoms with Crippen LogP contribution in [0.3, 0.4) is 0 Å². The number of aliphatic hydroxyl groups excluding tert-OH is 1. The van der Waals surface area contributed by atoms with Crippen LogP contribution < -0.4 is 0 Å². The molecule has 1 atom stereocenters. The Labute approximate surface area is 143 Å². The van der Waals surface area contributed by atoms with Crippen molar-refractivity contribution in [2.45, 2.75) is 13.0 Å². The van der Waals surface area contributed by atoms with Crippen LogP contribution in [0, 0.1) is 0 Å². The molecule has 8 nitrogen and oxygen atoms in total. The minimum Gasteiger partial charge on any atom is -0.464 e. The molecule has 0 aliphatic carbocycles. The van der Waals surface area contributed by atoms with E-state index in [1.807, 2.05) is 0 Å². The number of rotatable bonds is 5. The fourth-order valence-corrected chi connectivity index (χ4v) is 4.13. The molecule has 0 saturated carbocycles. The summed E-state index contributed by atoms with van der Waals surface area (Å²) in [6.07, 6.45) is -0.466. The number of nitrogens with zero attached hydrogens (tertiary/aromatic N) is 2. The van der Waals surface area contributed by atoms with Gasteiger partial charge in [0.2, 0.25) is 10.0 Å². The van der Waals surface area contributed by atoms with Gasteiger partial charge in [-0.3, -0.25) is 4.79 Å². The number of carbonyl (C=O) groups is 2. The molecule has 0 spiro atoms. The van der Waals surface area contributed by atoms with Gasteiger partial charge in [0.05, 0.1) is 24.3 Å². The van der Waals surface area contributed by atoms with Crippen molar-refractivity contribution in [1.82, 2.24) is 4.31 Å². The zero-order chi connectivity index (χ0) is 17.9. The Morgan fingerprint density at radius 3 is 2.58 bits per heavy atom. The summed E-state index contributed by atoms with van der Waals surface area (Å²) in [6.45, 7) is 1.80. The number of hydrogen-bond acceptors (Lipinski definition) is 8. The van der Waals surface area contributed by atoms with Crippen molar-refractivity contribution < 1.29 is 27.9 Å². The Hall–Kier alpha value is -1.91. The van der Waals surface area contributed by atoms with Crippen molar-refractivity contribution in [3.05, 3.63) is 29.8 Å². The summed E-state index contributed by atoms with van der Waals surface area (Å²) in [5.41, 5.74) is 0.716. The maximum atomic E-state index is 11.7. The predicted octanol–water partition coefficient (Wildman–Crippen LogP) is 0.806. The molecule has 24 heavy (non-hydrogen) atoms. The first-order chi connectivity index (χ1) is 11.2.